The van der Waals surface area contributed by atoms with Crippen molar-refractivity contribution >= 4 is 11.6 Å². The number of ether oxygens (including phenoxy) is 3. The van der Waals surface area contributed by atoms with Crippen LogP contribution in [-0.4, -0.2) is 26.1 Å². The van der Waals surface area contributed by atoms with Gasteiger partial charge in [0.1, 0.15) is 0 Å². The quantitative estimate of drug-likeness (QED) is 0.833. The Morgan fingerprint density at radius 1 is 1.35 bits per heavy atom. The zero-order valence-corrected chi connectivity index (χ0v) is 10.1. The first-order chi connectivity index (χ1) is 8.27. The number of hydrogen-bond donors (Lipinski definition) is 0. The van der Waals surface area contributed by atoms with Gasteiger partial charge in [0, 0.05) is 6.42 Å². The third-order valence-electron chi connectivity index (χ3n) is 2.42. The molecule has 0 radical (unpaired) electrons. The lowest BCUT2D eigenvalue weighted by Crippen LogP contribution is -2.26. The molecular weight excluding hydrogens is 247 g/mol. The van der Waals surface area contributed by atoms with Crippen molar-refractivity contribution in [3.63, 3.8) is 0 Å². The van der Waals surface area contributed by atoms with Crippen LogP contribution in [0.4, 0.5) is 4.39 Å². The normalized spacial score (nSPS) is 17.1. The second-order valence-corrected chi connectivity index (χ2v) is 4.12. The summed E-state index contributed by atoms with van der Waals surface area (Å²) in [6, 6.07) is 4.44. The minimum absolute atomic E-state index is 0.0879. The van der Waals surface area contributed by atoms with Gasteiger partial charge in [0.05, 0.1) is 24.8 Å². The van der Waals surface area contributed by atoms with Crippen molar-refractivity contribution in [2.24, 2.45) is 0 Å². The number of hydrogen-bond acceptors (Lipinski definition) is 3. The molecule has 0 aromatic heterocycles. The molecule has 5 heteroatoms. The molecule has 1 heterocycles. The molecule has 0 amide bonds. The lowest BCUT2D eigenvalue weighted by atomic mass is 10.3. The molecule has 0 saturated carbocycles. The summed E-state index contributed by atoms with van der Waals surface area (Å²) in [6.45, 7) is 1.71. The molecule has 1 aliphatic heterocycles. The zero-order valence-electron chi connectivity index (χ0n) is 9.33. The molecule has 0 aliphatic carbocycles. The van der Waals surface area contributed by atoms with Crippen molar-refractivity contribution in [3.8, 4) is 5.75 Å². The van der Waals surface area contributed by atoms with Gasteiger partial charge in [0.25, 0.3) is 0 Å². The molecule has 3 nitrogen and oxygen atoms in total. The molecule has 1 aromatic rings. The third kappa shape index (κ3) is 3.56. The molecule has 94 valence electrons. The molecule has 0 bridgehead atoms. The van der Waals surface area contributed by atoms with Crippen molar-refractivity contribution in [1.29, 1.82) is 0 Å². The Morgan fingerprint density at radius 3 is 2.82 bits per heavy atom. The highest BCUT2D eigenvalue weighted by atomic mass is 35.5. The van der Waals surface area contributed by atoms with Crippen LogP contribution in [0.2, 0.25) is 5.02 Å². The Morgan fingerprint density at radius 2 is 2.12 bits per heavy atom. The van der Waals surface area contributed by atoms with E-state index in [9.17, 15) is 4.39 Å². The maximum absolute atomic E-state index is 13.3. The van der Waals surface area contributed by atoms with Gasteiger partial charge in [-0.15, -0.1) is 0 Å². The molecule has 1 fully saturated rings. The Labute approximate surface area is 104 Å². The van der Waals surface area contributed by atoms with Gasteiger partial charge in [0.2, 0.25) is 0 Å². The van der Waals surface area contributed by atoms with Crippen LogP contribution in [0, 0.1) is 5.82 Å². The lowest BCUT2D eigenvalue weighted by Gasteiger charge is -2.23. The van der Waals surface area contributed by atoms with Crippen LogP contribution in [0.25, 0.3) is 0 Å². The standard InChI is InChI=1S/C12H14ClFO3/c13-9-3-1-4-10(14)12(9)17-8-5-11-15-6-2-7-16-11/h1,3-4,11H,2,5-8H2. The summed E-state index contributed by atoms with van der Waals surface area (Å²) in [5, 5.41) is 0.274. The Bertz CT molecular complexity index is 347. The first-order valence-corrected chi connectivity index (χ1v) is 5.95. The summed E-state index contributed by atoms with van der Waals surface area (Å²) in [7, 11) is 0. The molecular formula is C12H14ClFO3. The van der Waals surface area contributed by atoms with Crippen molar-refractivity contribution in [2.45, 2.75) is 19.1 Å². The van der Waals surface area contributed by atoms with Gasteiger partial charge in [-0.3, -0.25) is 0 Å². The number of benzene rings is 1. The predicted molar refractivity (Wildman–Crippen MR) is 61.8 cm³/mol. The van der Waals surface area contributed by atoms with Gasteiger partial charge in [-0.1, -0.05) is 17.7 Å². The summed E-state index contributed by atoms with van der Waals surface area (Å²) in [4.78, 5) is 0. The van der Waals surface area contributed by atoms with Gasteiger partial charge in [-0.05, 0) is 18.6 Å². The number of halogens is 2. The minimum Gasteiger partial charge on any atom is -0.489 e. The second kappa shape index (κ2) is 6.19. The molecule has 0 spiro atoms. The van der Waals surface area contributed by atoms with Crippen molar-refractivity contribution in [2.75, 3.05) is 19.8 Å². The maximum atomic E-state index is 13.3. The van der Waals surface area contributed by atoms with Crippen LogP contribution in [0.15, 0.2) is 18.2 Å². The molecule has 1 aromatic carbocycles. The van der Waals surface area contributed by atoms with E-state index >= 15 is 0 Å². The number of rotatable bonds is 4. The van der Waals surface area contributed by atoms with Gasteiger partial charge >= 0.3 is 0 Å². The molecule has 17 heavy (non-hydrogen) atoms. The van der Waals surface area contributed by atoms with E-state index < -0.39 is 5.82 Å². The first kappa shape index (κ1) is 12.6. The van der Waals surface area contributed by atoms with Crippen molar-refractivity contribution < 1.29 is 18.6 Å². The van der Waals surface area contributed by atoms with Crippen LogP contribution in [0.5, 0.6) is 5.75 Å². The fourth-order valence-electron chi connectivity index (χ4n) is 1.58. The zero-order chi connectivity index (χ0) is 12.1. The summed E-state index contributed by atoms with van der Waals surface area (Å²) >= 11 is 5.82. The summed E-state index contributed by atoms with van der Waals surface area (Å²) in [6.07, 6.45) is 1.22. The second-order valence-electron chi connectivity index (χ2n) is 3.71. The largest absolute Gasteiger partial charge is 0.489 e. The SMILES string of the molecule is Fc1cccc(Cl)c1OCCC1OCCCO1. The molecule has 2 rings (SSSR count). The summed E-state index contributed by atoms with van der Waals surface area (Å²) in [5.41, 5.74) is 0. The Hall–Kier alpha value is -0.840. The smallest absolute Gasteiger partial charge is 0.173 e. The van der Waals surface area contributed by atoms with Crippen LogP contribution >= 0.6 is 11.6 Å². The van der Waals surface area contributed by atoms with E-state index in [1.807, 2.05) is 0 Å². The Kier molecular flexibility index (Phi) is 4.59. The van der Waals surface area contributed by atoms with E-state index in [-0.39, 0.29) is 17.1 Å². The van der Waals surface area contributed by atoms with Crippen LogP contribution in [0.1, 0.15) is 12.8 Å². The van der Waals surface area contributed by atoms with Crippen molar-refractivity contribution in [3.05, 3.63) is 29.0 Å². The maximum Gasteiger partial charge on any atom is 0.173 e. The third-order valence-corrected chi connectivity index (χ3v) is 2.71. The van der Waals surface area contributed by atoms with E-state index in [4.69, 9.17) is 25.8 Å². The van der Waals surface area contributed by atoms with Crippen LogP contribution < -0.4 is 4.74 Å². The highest BCUT2D eigenvalue weighted by molar-refractivity contribution is 6.32. The Balaban J connectivity index is 1.81. The fourth-order valence-corrected chi connectivity index (χ4v) is 1.80. The van der Waals surface area contributed by atoms with Gasteiger partial charge in [0.15, 0.2) is 17.9 Å². The minimum atomic E-state index is -0.456. The number of para-hydroxylation sites is 1. The molecule has 0 N–H and O–H groups in total. The summed E-state index contributed by atoms with van der Waals surface area (Å²) < 4.78 is 29.3. The average Bonchev–Trinajstić information content (AvgIpc) is 2.34. The topological polar surface area (TPSA) is 27.7 Å². The van der Waals surface area contributed by atoms with E-state index in [1.54, 1.807) is 6.07 Å². The highest BCUT2D eigenvalue weighted by Gasteiger charge is 2.15. The van der Waals surface area contributed by atoms with E-state index in [0.29, 0.717) is 26.2 Å². The van der Waals surface area contributed by atoms with Crippen molar-refractivity contribution in [1.82, 2.24) is 0 Å². The molecule has 0 atom stereocenters. The molecule has 0 unspecified atom stereocenters. The predicted octanol–water partition coefficient (Wildman–Crippen LogP) is 3.01. The van der Waals surface area contributed by atoms with Gasteiger partial charge < -0.3 is 14.2 Å². The van der Waals surface area contributed by atoms with Gasteiger partial charge in [-0.25, -0.2) is 4.39 Å². The average molecular weight is 261 g/mol. The van der Waals surface area contributed by atoms with Crippen LogP contribution in [-0.2, 0) is 9.47 Å². The van der Waals surface area contributed by atoms with Gasteiger partial charge in [-0.2, -0.15) is 0 Å². The molecule has 1 saturated heterocycles. The lowest BCUT2D eigenvalue weighted by molar-refractivity contribution is -0.183. The summed E-state index contributed by atoms with van der Waals surface area (Å²) in [5.74, 6) is -0.368. The van der Waals surface area contributed by atoms with Crippen LogP contribution in [0.3, 0.4) is 0 Å². The van der Waals surface area contributed by atoms with E-state index in [1.165, 1.54) is 12.1 Å². The first-order valence-electron chi connectivity index (χ1n) is 5.57. The molecule has 1 aliphatic rings. The van der Waals surface area contributed by atoms with E-state index in [0.717, 1.165) is 6.42 Å². The monoisotopic (exact) mass is 260 g/mol. The van der Waals surface area contributed by atoms with E-state index in [2.05, 4.69) is 0 Å². The highest BCUT2D eigenvalue weighted by Crippen LogP contribution is 2.27. The fraction of sp³-hybridized carbons (Fsp3) is 0.500.